The van der Waals surface area contributed by atoms with Crippen molar-refractivity contribution in [3.8, 4) is 0 Å². The number of nitrogens with zero attached hydrogens (tertiary/aromatic N) is 1. The van der Waals surface area contributed by atoms with E-state index in [0.29, 0.717) is 5.69 Å². The largest absolute Gasteiger partial charge is 0.481 e. The third-order valence-corrected chi connectivity index (χ3v) is 4.45. The molecule has 1 aromatic heterocycles. The second kappa shape index (κ2) is 13.5. The SMILES string of the molecule is NC(=O)CCC(NC(=O)C(N)CC(=O)O)C(=O)NC(CO)C(=O)NC(Cc1cnc[nH]1)C(=O)O. The predicted molar refractivity (Wildman–Crippen MR) is 111 cm³/mol. The molecule has 0 bridgehead atoms. The molecule has 4 unspecified atom stereocenters. The number of imidazole rings is 1. The highest BCUT2D eigenvalue weighted by atomic mass is 16.4. The van der Waals surface area contributed by atoms with Crippen LogP contribution in [0.4, 0.5) is 0 Å². The van der Waals surface area contributed by atoms with Crippen molar-refractivity contribution in [1.29, 1.82) is 0 Å². The Hall–Kier alpha value is -4.05. The van der Waals surface area contributed by atoms with Gasteiger partial charge in [0.2, 0.25) is 23.6 Å². The van der Waals surface area contributed by atoms with Crippen molar-refractivity contribution < 1.29 is 44.1 Å². The summed E-state index contributed by atoms with van der Waals surface area (Å²) in [6.45, 7) is -0.928. The summed E-state index contributed by atoms with van der Waals surface area (Å²) in [5.74, 6) is -6.62. The number of hydrogen-bond acceptors (Lipinski definition) is 9. The molecular formula is C18H27N7O9. The molecule has 34 heavy (non-hydrogen) atoms. The van der Waals surface area contributed by atoms with Gasteiger partial charge in [-0.1, -0.05) is 0 Å². The quantitative estimate of drug-likeness (QED) is 0.114. The minimum absolute atomic E-state index is 0.161. The van der Waals surface area contributed by atoms with E-state index in [-0.39, 0.29) is 19.3 Å². The highest BCUT2D eigenvalue weighted by Gasteiger charge is 2.30. The second-order valence-corrected chi connectivity index (χ2v) is 7.19. The lowest BCUT2D eigenvalue weighted by Gasteiger charge is -2.24. The molecule has 0 radical (unpaired) electrons. The van der Waals surface area contributed by atoms with Gasteiger partial charge in [0.15, 0.2) is 0 Å². The van der Waals surface area contributed by atoms with Gasteiger partial charge in [0, 0.05) is 24.7 Å². The molecule has 4 atom stereocenters. The number of amides is 4. The van der Waals surface area contributed by atoms with Crippen molar-refractivity contribution in [2.45, 2.75) is 49.9 Å². The lowest BCUT2D eigenvalue weighted by molar-refractivity contribution is -0.142. The molecule has 16 heteroatoms. The fourth-order valence-corrected chi connectivity index (χ4v) is 2.67. The molecule has 1 heterocycles. The fourth-order valence-electron chi connectivity index (χ4n) is 2.67. The van der Waals surface area contributed by atoms with Gasteiger partial charge in [0.1, 0.15) is 18.1 Å². The minimum Gasteiger partial charge on any atom is -0.481 e. The number of aliphatic hydroxyl groups is 1. The fraction of sp³-hybridized carbons (Fsp3) is 0.500. The molecule has 0 aliphatic heterocycles. The Kier molecular flexibility index (Phi) is 11.1. The molecule has 16 nitrogen and oxygen atoms in total. The number of nitrogens with one attached hydrogen (secondary N) is 4. The average molecular weight is 485 g/mol. The first kappa shape index (κ1) is 28.0. The maximum Gasteiger partial charge on any atom is 0.326 e. The summed E-state index contributed by atoms with van der Waals surface area (Å²) >= 11 is 0. The van der Waals surface area contributed by atoms with Gasteiger partial charge in [-0.25, -0.2) is 9.78 Å². The van der Waals surface area contributed by atoms with Crippen molar-refractivity contribution in [1.82, 2.24) is 25.9 Å². The maximum absolute atomic E-state index is 12.6. The number of aromatic nitrogens is 2. The number of carbonyl (C=O) groups is 6. The van der Waals surface area contributed by atoms with Gasteiger partial charge >= 0.3 is 11.9 Å². The van der Waals surface area contributed by atoms with Crippen molar-refractivity contribution in [3.05, 3.63) is 18.2 Å². The highest BCUT2D eigenvalue weighted by molar-refractivity contribution is 5.95. The lowest BCUT2D eigenvalue weighted by atomic mass is 10.1. The van der Waals surface area contributed by atoms with E-state index in [1.54, 1.807) is 0 Å². The van der Waals surface area contributed by atoms with E-state index in [4.69, 9.17) is 16.6 Å². The number of H-pyrrole nitrogens is 1. The molecule has 0 aliphatic carbocycles. The van der Waals surface area contributed by atoms with Crippen molar-refractivity contribution >= 4 is 35.6 Å². The van der Waals surface area contributed by atoms with Gasteiger partial charge in [-0.3, -0.25) is 24.0 Å². The highest BCUT2D eigenvalue weighted by Crippen LogP contribution is 2.03. The number of rotatable bonds is 15. The molecular weight excluding hydrogens is 458 g/mol. The first-order chi connectivity index (χ1) is 15.9. The summed E-state index contributed by atoms with van der Waals surface area (Å²) in [6, 6.07) is -5.99. The van der Waals surface area contributed by atoms with Crippen LogP contribution in [0.5, 0.6) is 0 Å². The van der Waals surface area contributed by atoms with Crippen LogP contribution in [0.2, 0.25) is 0 Å². The van der Waals surface area contributed by atoms with E-state index in [0.717, 1.165) is 0 Å². The van der Waals surface area contributed by atoms with Gasteiger partial charge in [-0.05, 0) is 6.42 Å². The van der Waals surface area contributed by atoms with Gasteiger partial charge < -0.3 is 47.7 Å². The number of carboxylic acids is 2. The molecule has 0 saturated carbocycles. The molecule has 0 spiro atoms. The first-order valence-corrected chi connectivity index (χ1v) is 9.92. The zero-order valence-corrected chi connectivity index (χ0v) is 17.9. The van der Waals surface area contributed by atoms with Crippen molar-refractivity contribution in [3.63, 3.8) is 0 Å². The third-order valence-electron chi connectivity index (χ3n) is 4.45. The van der Waals surface area contributed by atoms with E-state index < -0.39 is 72.8 Å². The monoisotopic (exact) mass is 485 g/mol. The van der Waals surface area contributed by atoms with Gasteiger partial charge in [0.05, 0.1) is 25.4 Å². The Labute approximate surface area is 192 Å². The van der Waals surface area contributed by atoms with E-state index in [2.05, 4.69) is 25.9 Å². The zero-order valence-electron chi connectivity index (χ0n) is 17.9. The molecule has 0 aliphatic rings. The molecule has 4 amide bonds. The van der Waals surface area contributed by atoms with Crippen LogP contribution in [0.25, 0.3) is 0 Å². The van der Waals surface area contributed by atoms with Crippen LogP contribution in [-0.4, -0.2) is 91.6 Å². The second-order valence-electron chi connectivity index (χ2n) is 7.19. The van der Waals surface area contributed by atoms with Crippen LogP contribution in [0.3, 0.4) is 0 Å². The van der Waals surface area contributed by atoms with Gasteiger partial charge in [-0.15, -0.1) is 0 Å². The smallest absolute Gasteiger partial charge is 0.326 e. The number of aliphatic carboxylic acids is 2. The average Bonchev–Trinajstić information content (AvgIpc) is 3.26. The third kappa shape index (κ3) is 9.61. The van der Waals surface area contributed by atoms with Crippen LogP contribution < -0.4 is 27.4 Å². The van der Waals surface area contributed by atoms with Gasteiger partial charge in [0.25, 0.3) is 0 Å². The number of primary amides is 1. The maximum atomic E-state index is 12.6. The van der Waals surface area contributed by atoms with Crippen LogP contribution in [-0.2, 0) is 35.2 Å². The number of hydrogen-bond donors (Lipinski definition) is 9. The first-order valence-electron chi connectivity index (χ1n) is 9.92. The van der Waals surface area contributed by atoms with Gasteiger partial charge in [-0.2, -0.15) is 0 Å². The van der Waals surface area contributed by atoms with Crippen molar-refractivity contribution in [2.24, 2.45) is 11.5 Å². The summed E-state index contributed by atoms with van der Waals surface area (Å²) in [6.07, 6.45) is 1.11. The molecule has 1 aromatic rings. The Balaban J connectivity index is 2.87. The van der Waals surface area contributed by atoms with Crippen LogP contribution in [0, 0.1) is 0 Å². The Bertz CT molecular complexity index is 890. The number of aromatic amines is 1. The lowest BCUT2D eigenvalue weighted by Crippen LogP contribution is -2.58. The predicted octanol–water partition coefficient (Wildman–Crippen LogP) is -4.45. The number of aliphatic hydroxyl groups excluding tert-OH is 1. The van der Waals surface area contributed by atoms with E-state index in [1.807, 2.05) is 0 Å². The Morgan fingerprint density at radius 3 is 2.06 bits per heavy atom. The summed E-state index contributed by atoms with van der Waals surface area (Å²) in [5.41, 5.74) is 10.9. The minimum atomic E-state index is -1.61. The zero-order chi connectivity index (χ0) is 25.8. The Morgan fingerprint density at radius 2 is 1.56 bits per heavy atom. The number of nitrogens with two attached hydrogens (primary N) is 2. The van der Waals surface area contributed by atoms with E-state index >= 15 is 0 Å². The summed E-state index contributed by atoms with van der Waals surface area (Å²) in [5, 5.41) is 34.1. The molecule has 188 valence electrons. The molecule has 0 aromatic carbocycles. The van der Waals surface area contributed by atoms with E-state index in [1.165, 1.54) is 12.5 Å². The summed E-state index contributed by atoms with van der Waals surface area (Å²) in [7, 11) is 0. The van der Waals surface area contributed by atoms with Crippen LogP contribution >= 0.6 is 0 Å². The van der Waals surface area contributed by atoms with E-state index in [9.17, 15) is 39.0 Å². The van der Waals surface area contributed by atoms with Crippen molar-refractivity contribution in [2.75, 3.05) is 6.61 Å². The molecule has 1 rings (SSSR count). The number of carbonyl (C=O) groups excluding carboxylic acids is 4. The molecule has 0 fully saturated rings. The standard InChI is InChI=1S/C18H27N7O9/c19-9(4-14(28)29)15(30)23-10(1-2-13(20)27)16(31)25-12(6-26)17(32)24-11(18(33)34)3-8-5-21-7-22-8/h5,7,9-12,26H,1-4,6,19H2,(H2,20,27)(H,21,22)(H,23,30)(H,24,32)(H,25,31)(H,28,29)(H,33,34). The normalized spacial score (nSPS) is 14.2. The molecule has 0 saturated heterocycles. The van der Waals surface area contributed by atoms with Crippen LogP contribution in [0.1, 0.15) is 25.0 Å². The molecule has 11 N–H and O–H groups in total. The van der Waals surface area contributed by atoms with Crippen LogP contribution in [0.15, 0.2) is 12.5 Å². The summed E-state index contributed by atoms with van der Waals surface area (Å²) in [4.78, 5) is 76.9. The Morgan fingerprint density at radius 1 is 0.971 bits per heavy atom. The summed E-state index contributed by atoms with van der Waals surface area (Å²) < 4.78 is 0. The number of carboxylic acid groups (broad SMARTS) is 2. The topological polar surface area (TPSA) is 280 Å².